The van der Waals surface area contributed by atoms with Crippen LogP contribution >= 0.6 is 0 Å². The molecule has 4 rings (SSSR count). The van der Waals surface area contributed by atoms with E-state index in [-0.39, 0.29) is 30.1 Å². The highest BCUT2D eigenvalue weighted by Crippen LogP contribution is 2.33. The number of anilines is 1. The molecule has 34 heavy (non-hydrogen) atoms. The highest BCUT2D eigenvalue weighted by atomic mass is 32.2. The van der Waals surface area contributed by atoms with Crippen molar-refractivity contribution in [3.05, 3.63) is 47.5 Å². The molecule has 0 unspecified atom stereocenters. The molecule has 0 spiro atoms. The Morgan fingerprint density at radius 3 is 2.59 bits per heavy atom. The molecular formula is C24H29N3O6S. The van der Waals surface area contributed by atoms with E-state index >= 15 is 0 Å². The summed E-state index contributed by atoms with van der Waals surface area (Å²) in [4.78, 5) is 26.8. The van der Waals surface area contributed by atoms with Crippen LogP contribution in [0.15, 0.2) is 41.3 Å². The lowest BCUT2D eigenvalue weighted by Crippen LogP contribution is -2.49. The molecule has 0 saturated heterocycles. The zero-order valence-corrected chi connectivity index (χ0v) is 20.3. The quantitative estimate of drug-likeness (QED) is 0.591. The fraction of sp³-hybridized carbons (Fsp3) is 0.417. The Kier molecular flexibility index (Phi) is 6.81. The molecule has 2 aliphatic heterocycles. The van der Waals surface area contributed by atoms with Gasteiger partial charge < -0.3 is 19.7 Å². The van der Waals surface area contributed by atoms with Crippen LogP contribution in [0.1, 0.15) is 38.3 Å². The largest absolute Gasteiger partial charge is 0.454 e. The average molecular weight is 488 g/mol. The van der Waals surface area contributed by atoms with Crippen LogP contribution in [-0.4, -0.2) is 39.6 Å². The van der Waals surface area contributed by atoms with Crippen molar-refractivity contribution in [1.82, 2.24) is 10.0 Å². The number of sulfonamides is 1. The van der Waals surface area contributed by atoms with Gasteiger partial charge in [-0.05, 0) is 53.8 Å². The van der Waals surface area contributed by atoms with Crippen LogP contribution in [0.4, 0.5) is 5.69 Å². The lowest BCUT2D eigenvalue weighted by molar-refractivity contribution is -0.123. The summed E-state index contributed by atoms with van der Waals surface area (Å²) in [7, 11) is -3.96. The molecule has 0 aromatic heterocycles. The van der Waals surface area contributed by atoms with Gasteiger partial charge in [-0.3, -0.25) is 9.59 Å². The number of hydrogen-bond acceptors (Lipinski definition) is 6. The lowest BCUT2D eigenvalue weighted by atomic mass is 10.0. The molecule has 0 radical (unpaired) electrons. The number of hydrogen-bond donors (Lipinski definition) is 2. The molecule has 10 heteroatoms. The second-order valence-corrected chi connectivity index (χ2v) is 10.4. The zero-order valence-electron chi connectivity index (χ0n) is 19.5. The average Bonchev–Trinajstić information content (AvgIpc) is 3.46. The molecular weight excluding hydrogens is 458 g/mol. The second-order valence-electron chi connectivity index (χ2n) is 8.69. The topological polar surface area (TPSA) is 114 Å². The van der Waals surface area contributed by atoms with Crippen LogP contribution in [0.25, 0.3) is 0 Å². The Bertz CT molecular complexity index is 1210. The first-order valence-corrected chi connectivity index (χ1v) is 12.8. The van der Waals surface area contributed by atoms with Crippen molar-refractivity contribution in [2.24, 2.45) is 5.92 Å². The normalized spacial score (nSPS) is 15.4. The van der Waals surface area contributed by atoms with Gasteiger partial charge >= 0.3 is 0 Å². The van der Waals surface area contributed by atoms with Crippen LogP contribution in [0.3, 0.4) is 0 Å². The molecule has 2 aromatic carbocycles. The zero-order chi connectivity index (χ0) is 24.5. The predicted molar refractivity (Wildman–Crippen MR) is 126 cm³/mol. The fourth-order valence-electron chi connectivity index (χ4n) is 4.07. The Hall–Kier alpha value is -3.11. The van der Waals surface area contributed by atoms with E-state index in [1.807, 2.05) is 6.07 Å². The second kappa shape index (κ2) is 9.63. The molecule has 0 bridgehead atoms. The maximum Gasteiger partial charge on any atom is 0.241 e. The molecule has 0 fully saturated rings. The summed E-state index contributed by atoms with van der Waals surface area (Å²) in [6.45, 7) is 6.29. The van der Waals surface area contributed by atoms with Crippen LogP contribution in [-0.2, 0) is 32.6 Å². The molecule has 0 saturated carbocycles. The summed E-state index contributed by atoms with van der Waals surface area (Å²) in [5, 5.41) is 2.81. The maximum atomic E-state index is 13.1. The van der Waals surface area contributed by atoms with Gasteiger partial charge in [0.25, 0.3) is 0 Å². The highest BCUT2D eigenvalue weighted by Gasteiger charge is 2.30. The summed E-state index contributed by atoms with van der Waals surface area (Å²) in [5.41, 5.74) is 2.36. The van der Waals surface area contributed by atoms with Crippen molar-refractivity contribution in [1.29, 1.82) is 0 Å². The van der Waals surface area contributed by atoms with Gasteiger partial charge in [0, 0.05) is 25.2 Å². The van der Waals surface area contributed by atoms with Crippen LogP contribution in [0.5, 0.6) is 11.5 Å². The predicted octanol–water partition coefficient (Wildman–Crippen LogP) is 2.33. The number of amides is 2. The van der Waals surface area contributed by atoms with E-state index in [9.17, 15) is 18.0 Å². The number of benzene rings is 2. The van der Waals surface area contributed by atoms with E-state index < -0.39 is 22.0 Å². The van der Waals surface area contributed by atoms with Gasteiger partial charge in [-0.15, -0.1) is 0 Å². The van der Waals surface area contributed by atoms with Gasteiger partial charge in [0.1, 0.15) is 6.04 Å². The SMILES string of the molecule is CCC(=O)N1CCc2cc(S(=O)(=O)N[C@H](C(=O)NCc3ccc4c(c3)OCO4)C(C)C)ccc21. The highest BCUT2D eigenvalue weighted by molar-refractivity contribution is 7.89. The number of fused-ring (bicyclic) bond motifs is 2. The number of rotatable bonds is 8. The minimum Gasteiger partial charge on any atom is -0.454 e. The van der Waals surface area contributed by atoms with Gasteiger partial charge in [-0.2, -0.15) is 4.72 Å². The van der Waals surface area contributed by atoms with Crippen molar-refractivity contribution in [2.75, 3.05) is 18.2 Å². The smallest absolute Gasteiger partial charge is 0.241 e. The summed E-state index contributed by atoms with van der Waals surface area (Å²) in [6, 6.07) is 9.15. The minimum absolute atomic E-state index is 0.00600. The summed E-state index contributed by atoms with van der Waals surface area (Å²) in [5.74, 6) is 0.574. The first-order chi connectivity index (χ1) is 16.2. The third kappa shape index (κ3) is 4.88. The van der Waals surface area contributed by atoms with Crippen molar-refractivity contribution in [3.63, 3.8) is 0 Å². The van der Waals surface area contributed by atoms with E-state index in [4.69, 9.17) is 9.47 Å². The molecule has 2 aliphatic rings. The fourth-order valence-corrected chi connectivity index (χ4v) is 5.47. The number of carbonyl (C=O) groups is 2. The number of nitrogens with zero attached hydrogens (tertiary/aromatic N) is 1. The first-order valence-electron chi connectivity index (χ1n) is 11.3. The Labute approximate surface area is 199 Å². The lowest BCUT2D eigenvalue weighted by Gasteiger charge is -2.22. The monoisotopic (exact) mass is 487 g/mol. The van der Waals surface area contributed by atoms with E-state index in [0.717, 1.165) is 16.8 Å². The van der Waals surface area contributed by atoms with Crippen molar-refractivity contribution in [2.45, 2.75) is 51.1 Å². The Morgan fingerprint density at radius 1 is 1.09 bits per heavy atom. The van der Waals surface area contributed by atoms with Crippen LogP contribution in [0.2, 0.25) is 0 Å². The molecule has 0 aliphatic carbocycles. The molecule has 2 heterocycles. The molecule has 9 nitrogen and oxygen atoms in total. The Balaban J connectivity index is 1.45. The maximum absolute atomic E-state index is 13.1. The third-order valence-corrected chi connectivity index (χ3v) is 7.43. The first kappa shape index (κ1) is 24.0. The van der Waals surface area contributed by atoms with E-state index in [0.29, 0.717) is 30.9 Å². The molecule has 2 amide bonds. The number of carbonyl (C=O) groups excluding carboxylic acids is 2. The van der Waals surface area contributed by atoms with Crippen molar-refractivity contribution >= 4 is 27.5 Å². The van der Waals surface area contributed by atoms with Gasteiger partial charge in [0.05, 0.1) is 4.90 Å². The van der Waals surface area contributed by atoms with Crippen LogP contribution < -0.4 is 24.4 Å². The van der Waals surface area contributed by atoms with E-state index in [1.165, 1.54) is 6.07 Å². The van der Waals surface area contributed by atoms with Crippen molar-refractivity contribution in [3.8, 4) is 11.5 Å². The van der Waals surface area contributed by atoms with E-state index in [2.05, 4.69) is 10.0 Å². The molecule has 1 atom stereocenters. The van der Waals surface area contributed by atoms with Gasteiger partial charge in [-0.25, -0.2) is 8.42 Å². The number of nitrogens with one attached hydrogen (secondary N) is 2. The van der Waals surface area contributed by atoms with Gasteiger partial charge in [-0.1, -0.05) is 26.8 Å². The summed E-state index contributed by atoms with van der Waals surface area (Å²) < 4.78 is 39.5. The number of ether oxygens (including phenoxy) is 2. The standard InChI is InChI=1S/C24H29N3O6S/c1-4-22(28)27-10-9-17-12-18(6-7-19(17)27)34(30,31)26-23(15(2)3)24(29)25-13-16-5-8-20-21(11-16)33-14-32-20/h5-8,11-12,15,23,26H,4,9-10,13-14H2,1-3H3,(H,25,29)/t23-/m0/s1. The minimum atomic E-state index is -3.96. The molecule has 182 valence electrons. The van der Waals surface area contributed by atoms with Crippen molar-refractivity contribution < 1.29 is 27.5 Å². The summed E-state index contributed by atoms with van der Waals surface area (Å²) in [6.07, 6.45) is 0.979. The van der Waals surface area contributed by atoms with Gasteiger partial charge in [0.2, 0.25) is 28.6 Å². The molecule has 2 aromatic rings. The Morgan fingerprint density at radius 2 is 1.85 bits per heavy atom. The van der Waals surface area contributed by atoms with Crippen LogP contribution in [0, 0.1) is 5.92 Å². The molecule has 2 N–H and O–H groups in total. The summed E-state index contributed by atoms with van der Waals surface area (Å²) >= 11 is 0. The van der Waals surface area contributed by atoms with E-state index in [1.54, 1.807) is 49.9 Å². The third-order valence-electron chi connectivity index (χ3n) is 6.00. The van der Waals surface area contributed by atoms with Gasteiger partial charge in [0.15, 0.2) is 11.5 Å².